The molecule has 0 bridgehead atoms. The van der Waals surface area contributed by atoms with E-state index in [1.54, 1.807) is 13.0 Å². The molecule has 2 aromatic heterocycles. The fourth-order valence-electron chi connectivity index (χ4n) is 3.69. The van der Waals surface area contributed by atoms with Gasteiger partial charge in [0, 0.05) is 36.2 Å². The highest BCUT2D eigenvalue weighted by Crippen LogP contribution is 2.23. The van der Waals surface area contributed by atoms with E-state index in [-0.39, 0.29) is 5.91 Å². The van der Waals surface area contributed by atoms with Crippen LogP contribution in [0.5, 0.6) is 0 Å². The molecule has 1 saturated heterocycles. The highest BCUT2D eigenvalue weighted by atomic mass is 16.3. The minimum atomic E-state index is -0.178. The second-order valence-corrected chi connectivity index (χ2v) is 7.73. The lowest BCUT2D eigenvalue weighted by Gasteiger charge is -2.27. The Kier molecular flexibility index (Phi) is 5.70. The number of benzene rings is 1. The number of hydrogen-bond donors (Lipinski definition) is 2. The van der Waals surface area contributed by atoms with E-state index < -0.39 is 0 Å². The zero-order chi connectivity index (χ0) is 21.1. The maximum Gasteiger partial charge on any atom is 0.259 e. The standard InChI is InChI=1S/C23H27N5O2/c1-15-13-21(27-23(24-15)28-11-5-4-6-12-28)25-18-7-9-19(10-8-18)26-22(29)20-14-16(2)30-17(20)3/h7-10,13-14H,4-6,11-12H2,1-3H3,(H,26,29)(H,24,25,27). The lowest BCUT2D eigenvalue weighted by molar-refractivity contribution is 0.102. The molecule has 1 aliphatic heterocycles. The minimum Gasteiger partial charge on any atom is -0.466 e. The SMILES string of the molecule is Cc1cc(Nc2ccc(NC(=O)c3cc(C)oc3C)cc2)nc(N2CCCCC2)n1. The summed E-state index contributed by atoms with van der Waals surface area (Å²) in [6.07, 6.45) is 3.65. The molecule has 1 aromatic carbocycles. The number of nitrogens with zero attached hydrogens (tertiary/aromatic N) is 3. The van der Waals surface area contributed by atoms with Crippen molar-refractivity contribution in [3.8, 4) is 0 Å². The molecule has 0 atom stereocenters. The third-order valence-electron chi connectivity index (χ3n) is 5.18. The van der Waals surface area contributed by atoms with E-state index in [9.17, 15) is 4.79 Å². The van der Waals surface area contributed by atoms with E-state index in [1.165, 1.54) is 19.3 Å². The molecule has 7 nitrogen and oxygen atoms in total. The molecule has 156 valence electrons. The van der Waals surface area contributed by atoms with Gasteiger partial charge in [-0.3, -0.25) is 4.79 Å². The topological polar surface area (TPSA) is 83.3 Å². The lowest BCUT2D eigenvalue weighted by Crippen LogP contribution is -2.31. The van der Waals surface area contributed by atoms with E-state index in [0.717, 1.165) is 47.7 Å². The fraction of sp³-hybridized carbons (Fsp3) is 0.348. The second-order valence-electron chi connectivity index (χ2n) is 7.73. The number of hydrogen-bond acceptors (Lipinski definition) is 6. The molecule has 2 N–H and O–H groups in total. The van der Waals surface area contributed by atoms with Crippen molar-refractivity contribution >= 4 is 29.0 Å². The van der Waals surface area contributed by atoms with Gasteiger partial charge < -0.3 is 20.0 Å². The van der Waals surface area contributed by atoms with E-state index in [0.29, 0.717) is 11.3 Å². The maximum atomic E-state index is 12.4. The summed E-state index contributed by atoms with van der Waals surface area (Å²) >= 11 is 0. The average molecular weight is 406 g/mol. The Labute approximate surface area is 176 Å². The highest BCUT2D eigenvalue weighted by molar-refractivity contribution is 6.05. The first-order valence-electron chi connectivity index (χ1n) is 10.3. The van der Waals surface area contributed by atoms with Crippen LogP contribution < -0.4 is 15.5 Å². The molecule has 1 aliphatic rings. The first-order chi connectivity index (χ1) is 14.5. The van der Waals surface area contributed by atoms with Gasteiger partial charge in [0.15, 0.2) is 0 Å². The van der Waals surface area contributed by atoms with Crippen molar-refractivity contribution < 1.29 is 9.21 Å². The van der Waals surface area contributed by atoms with Gasteiger partial charge in [0.1, 0.15) is 17.3 Å². The normalized spacial score (nSPS) is 13.9. The fourth-order valence-corrected chi connectivity index (χ4v) is 3.69. The zero-order valence-electron chi connectivity index (χ0n) is 17.7. The van der Waals surface area contributed by atoms with E-state index in [1.807, 2.05) is 44.2 Å². The van der Waals surface area contributed by atoms with Crippen LogP contribution in [-0.4, -0.2) is 29.0 Å². The van der Waals surface area contributed by atoms with Crippen LogP contribution in [0, 0.1) is 20.8 Å². The zero-order valence-corrected chi connectivity index (χ0v) is 17.7. The Morgan fingerprint density at radius 1 is 0.967 bits per heavy atom. The Bertz CT molecular complexity index is 1040. The minimum absolute atomic E-state index is 0.178. The number of aryl methyl sites for hydroxylation is 3. The summed E-state index contributed by atoms with van der Waals surface area (Å²) < 4.78 is 5.44. The number of anilines is 4. The van der Waals surface area contributed by atoms with Crippen LogP contribution in [0.25, 0.3) is 0 Å². The molecule has 0 unspecified atom stereocenters. The van der Waals surface area contributed by atoms with Gasteiger partial charge >= 0.3 is 0 Å². The predicted molar refractivity (Wildman–Crippen MR) is 119 cm³/mol. The Hall–Kier alpha value is -3.35. The van der Waals surface area contributed by atoms with Crippen LogP contribution in [0.4, 0.5) is 23.1 Å². The van der Waals surface area contributed by atoms with Crippen molar-refractivity contribution in [3.63, 3.8) is 0 Å². The van der Waals surface area contributed by atoms with Crippen molar-refractivity contribution in [1.82, 2.24) is 9.97 Å². The smallest absolute Gasteiger partial charge is 0.259 e. The molecule has 0 radical (unpaired) electrons. The van der Waals surface area contributed by atoms with Crippen LogP contribution in [0.1, 0.15) is 46.8 Å². The molecule has 0 saturated carbocycles. The highest BCUT2D eigenvalue weighted by Gasteiger charge is 2.15. The molecular weight excluding hydrogens is 378 g/mol. The Morgan fingerprint density at radius 3 is 2.33 bits per heavy atom. The summed E-state index contributed by atoms with van der Waals surface area (Å²) in [5.74, 6) is 2.71. The van der Waals surface area contributed by atoms with Crippen LogP contribution >= 0.6 is 0 Å². The molecular formula is C23H27N5O2. The summed E-state index contributed by atoms with van der Waals surface area (Å²) in [6.45, 7) is 7.62. The number of aromatic nitrogens is 2. The van der Waals surface area contributed by atoms with Gasteiger partial charge in [-0.05, 0) is 70.4 Å². The summed E-state index contributed by atoms with van der Waals surface area (Å²) in [6, 6.07) is 11.2. The number of carbonyl (C=O) groups excluding carboxylic acids is 1. The van der Waals surface area contributed by atoms with E-state index in [2.05, 4.69) is 20.5 Å². The lowest BCUT2D eigenvalue weighted by atomic mass is 10.1. The van der Waals surface area contributed by atoms with Crippen LogP contribution in [0.15, 0.2) is 40.8 Å². The number of carbonyl (C=O) groups is 1. The molecule has 0 aliphatic carbocycles. The van der Waals surface area contributed by atoms with Crippen molar-refractivity contribution in [1.29, 1.82) is 0 Å². The van der Waals surface area contributed by atoms with Gasteiger partial charge in [-0.15, -0.1) is 0 Å². The maximum absolute atomic E-state index is 12.4. The third-order valence-corrected chi connectivity index (χ3v) is 5.18. The first kappa shape index (κ1) is 19.9. The van der Waals surface area contributed by atoms with E-state index in [4.69, 9.17) is 9.40 Å². The van der Waals surface area contributed by atoms with Gasteiger partial charge in [0.25, 0.3) is 5.91 Å². The van der Waals surface area contributed by atoms with Crippen molar-refractivity contribution in [2.24, 2.45) is 0 Å². The molecule has 1 fully saturated rings. The van der Waals surface area contributed by atoms with Crippen molar-refractivity contribution in [2.45, 2.75) is 40.0 Å². The second kappa shape index (κ2) is 8.57. The molecule has 4 rings (SSSR count). The summed E-state index contributed by atoms with van der Waals surface area (Å²) in [4.78, 5) is 24.0. The van der Waals surface area contributed by atoms with Crippen LogP contribution in [0.2, 0.25) is 0 Å². The summed E-state index contributed by atoms with van der Waals surface area (Å²) in [7, 11) is 0. The van der Waals surface area contributed by atoms with E-state index >= 15 is 0 Å². The quantitative estimate of drug-likeness (QED) is 0.623. The third kappa shape index (κ3) is 4.62. The number of nitrogens with one attached hydrogen (secondary N) is 2. The van der Waals surface area contributed by atoms with Gasteiger partial charge in [-0.1, -0.05) is 0 Å². The molecule has 3 aromatic rings. The Balaban J connectivity index is 1.44. The predicted octanol–water partition coefficient (Wildman–Crippen LogP) is 4.98. The van der Waals surface area contributed by atoms with Gasteiger partial charge in [-0.25, -0.2) is 4.98 Å². The van der Waals surface area contributed by atoms with Gasteiger partial charge in [-0.2, -0.15) is 4.98 Å². The first-order valence-corrected chi connectivity index (χ1v) is 10.3. The number of furan rings is 1. The molecule has 1 amide bonds. The van der Waals surface area contributed by atoms with Gasteiger partial charge in [0.2, 0.25) is 5.95 Å². The summed E-state index contributed by atoms with van der Waals surface area (Å²) in [5.41, 5.74) is 3.10. The molecule has 30 heavy (non-hydrogen) atoms. The van der Waals surface area contributed by atoms with Crippen molar-refractivity contribution in [2.75, 3.05) is 28.6 Å². The van der Waals surface area contributed by atoms with Gasteiger partial charge in [0.05, 0.1) is 5.56 Å². The largest absolute Gasteiger partial charge is 0.466 e. The average Bonchev–Trinajstić information content (AvgIpc) is 3.08. The number of piperidine rings is 1. The number of rotatable bonds is 5. The summed E-state index contributed by atoms with van der Waals surface area (Å²) in [5, 5.41) is 6.25. The Morgan fingerprint density at radius 2 is 1.67 bits per heavy atom. The van der Waals surface area contributed by atoms with Crippen LogP contribution in [0.3, 0.4) is 0 Å². The molecule has 0 spiro atoms. The monoisotopic (exact) mass is 405 g/mol. The van der Waals surface area contributed by atoms with Crippen molar-refractivity contribution in [3.05, 3.63) is 59.2 Å². The number of amides is 1. The van der Waals surface area contributed by atoms with Crippen LogP contribution in [-0.2, 0) is 0 Å². The molecule has 7 heteroatoms. The molecule has 3 heterocycles.